The van der Waals surface area contributed by atoms with Crippen LogP contribution < -0.4 is 10.6 Å². The van der Waals surface area contributed by atoms with E-state index >= 15 is 0 Å². The van der Waals surface area contributed by atoms with Crippen molar-refractivity contribution in [2.45, 2.75) is 38.5 Å². The zero-order valence-corrected chi connectivity index (χ0v) is 20.9. The molecule has 2 aromatic carbocycles. The highest BCUT2D eigenvalue weighted by Crippen LogP contribution is 2.34. The van der Waals surface area contributed by atoms with E-state index in [1.165, 1.54) is 54.1 Å². The summed E-state index contributed by atoms with van der Waals surface area (Å²) in [5, 5.41) is 5.54. The Morgan fingerprint density at radius 2 is 1.92 bits per heavy atom. The number of hydrogen-bond donors (Lipinski definition) is 2. The quantitative estimate of drug-likeness (QED) is 0.492. The van der Waals surface area contributed by atoms with Gasteiger partial charge in [-0.15, -0.1) is 0 Å². The number of carbonyl (C=O) groups excluding carboxylic acids is 2. The predicted molar refractivity (Wildman–Crippen MR) is 134 cm³/mol. The van der Waals surface area contributed by atoms with Gasteiger partial charge in [-0.1, -0.05) is 30.3 Å². The van der Waals surface area contributed by atoms with Gasteiger partial charge in [0.1, 0.15) is 6.61 Å². The van der Waals surface area contributed by atoms with Gasteiger partial charge in [-0.2, -0.15) is 13.2 Å². The predicted octanol–water partition coefficient (Wildman–Crippen LogP) is 4.27. The Hall–Kier alpha value is -3.27. The van der Waals surface area contributed by atoms with Crippen molar-refractivity contribution in [3.63, 3.8) is 0 Å². The molecule has 7 nitrogen and oxygen atoms in total. The minimum Gasteiger partial charge on any atom is -0.448 e. The molecular weight excluding hydrogens is 485 g/mol. The first-order valence-electron chi connectivity index (χ1n) is 12.6. The Bertz CT molecular complexity index is 1100. The molecule has 2 aliphatic rings. The van der Waals surface area contributed by atoms with E-state index in [9.17, 15) is 22.8 Å². The second kappa shape index (κ2) is 11.9. The summed E-state index contributed by atoms with van der Waals surface area (Å²) < 4.78 is 45.7. The van der Waals surface area contributed by atoms with Crippen molar-refractivity contribution >= 4 is 17.7 Å². The standard InChI is InChI=1S/C27H33F3N4O3/c1-31-26(36)37-14-13-34(17-21-5-2-3-7-23(21)27(28,29)30)25(35)15-32-24-8-4-6-20-11-12-33(18-22(20)24)16-19-9-10-19/h2-8,19,32H,9-18H2,1H3,(H,31,36). The minimum absolute atomic E-state index is 0.0175. The van der Waals surface area contributed by atoms with Crippen molar-refractivity contribution in [3.05, 3.63) is 64.7 Å². The molecule has 2 amide bonds. The number of fused-ring (bicyclic) bond motifs is 1. The normalized spacial score (nSPS) is 15.6. The molecule has 0 atom stereocenters. The Morgan fingerprint density at radius 3 is 2.65 bits per heavy atom. The van der Waals surface area contributed by atoms with Crippen LogP contribution in [0.3, 0.4) is 0 Å². The third-order valence-electron chi connectivity index (χ3n) is 6.83. The highest BCUT2D eigenvalue weighted by molar-refractivity contribution is 5.81. The summed E-state index contributed by atoms with van der Waals surface area (Å²) in [4.78, 5) is 28.4. The van der Waals surface area contributed by atoms with Gasteiger partial charge < -0.3 is 20.3 Å². The van der Waals surface area contributed by atoms with Crippen LogP contribution in [-0.4, -0.2) is 61.6 Å². The van der Waals surface area contributed by atoms with Gasteiger partial charge in [-0.05, 0) is 54.0 Å². The summed E-state index contributed by atoms with van der Waals surface area (Å²) >= 11 is 0. The number of rotatable bonds is 10. The van der Waals surface area contributed by atoms with Gasteiger partial charge in [0, 0.05) is 38.9 Å². The van der Waals surface area contributed by atoms with Gasteiger partial charge in [-0.3, -0.25) is 9.69 Å². The Balaban J connectivity index is 1.45. The lowest BCUT2D eigenvalue weighted by molar-refractivity contribution is -0.139. The Kier molecular flexibility index (Phi) is 8.58. The molecule has 10 heteroatoms. The van der Waals surface area contributed by atoms with Crippen molar-refractivity contribution in [3.8, 4) is 0 Å². The van der Waals surface area contributed by atoms with Crippen LogP contribution in [0.25, 0.3) is 0 Å². The number of anilines is 1. The number of alkyl halides is 3. The number of alkyl carbamates (subject to hydrolysis) is 1. The lowest BCUT2D eigenvalue weighted by Crippen LogP contribution is -2.39. The molecule has 0 bridgehead atoms. The van der Waals surface area contributed by atoms with Gasteiger partial charge in [0.2, 0.25) is 5.91 Å². The Labute approximate surface area is 215 Å². The molecule has 1 aliphatic carbocycles. The average molecular weight is 519 g/mol. The number of benzene rings is 2. The molecule has 1 saturated carbocycles. The minimum atomic E-state index is -4.54. The molecule has 2 N–H and O–H groups in total. The molecular formula is C27H33F3N4O3. The van der Waals surface area contributed by atoms with Crippen LogP contribution in [0.1, 0.15) is 35.1 Å². The first-order chi connectivity index (χ1) is 17.7. The van der Waals surface area contributed by atoms with E-state index in [-0.39, 0.29) is 37.7 Å². The second-order valence-corrected chi connectivity index (χ2v) is 9.58. The maximum absolute atomic E-state index is 13.6. The topological polar surface area (TPSA) is 73.9 Å². The lowest BCUT2D eigenvalue weighted by atomic mass is 9.97. The highest BCUT2D eigenvalue weighted by atomic mass is 19.4. The molecule has 4 rings (SSSR count). The molecule has 0 aromatic heterocycles. The molecule has 200 valence electrons. The SMILES string of the molecule is CNC(=O)OCCN(Cc1ccccc1C(F)(F)F)C(=O)CNc1cccc2c1CN(CC1CC1)CC2. The number of nitrogens with zero attached hydrogens (tertiary/aromatic N) is 2. The molecule has 1 aliphatic heterocycles. The summed E-state index contributed by atoms with van der Waals surface area (Å²) in [6.07, 6.45) is -1.70. The molecule has 37 heavy (non-hydrogen) atoms. The fourth-order valence-electron chi connectivity index (χ4n) is 4.66. The number of hydrogen-bond acceptors (Lipinski definition) is 5. The smallest absolute Gasteiger partial charge is 0.416 e. The van der Waals surface area contributed by atoms with E-state index in [1.54, 1.807) is 0 Å². The van der Waals surface area contributed by atoms with Crippen LogP contribution in [0.15, 0.2) is 42.5 Å². The van der Waals surface area contributed by atoms with Crippen LogP contribution in [-0.2, 0) is 35.2 Å². The summed E-state index contributed by atoms with van der Waals surface area (Å²) in [6, 6.07) is 11.2. The lowest BCUT2D eigenvalue weighted by Gasteiger charge is -2.31. The first kappa shape index (κ1) is 26.8. The number of carbonyl (C=O) groups is 2. The van der Waals surface area contributed by atoms with Gasteiger partial charge in [0.05, 0.1) is 18.7 Å². The zero-order chi connectivity index (χ0) is 26.4. The monoisotopic (exact) mass is 518 g/mol. The van der Waals surface area contributed by atoms with E-state index in [4.69, 9.17) is 4.74 Å². The summed E-state index contributed by atoms with van der Waals surface area (Å²) in [6.45, 7) is 2.39. The number of halogens is 3. The molecule has 2 aromatic rings. The van der Waals surface area contributed by atoms with E-state index in [1.807, 2.05) is 12.1 Å². The summed E-state index contributed by atoms with van der Waals surface area (Å²) in [5.41, 5.74) is 2.47. The van der Waals surface area contributed by atoms with E-state index < -0.39 is 17.8 Å². The van der Waals surface area contributed by atoms with Crippen LogP contribution in [0.2, 0.25) is 0 Å². The largest absolute Gasteiger partial charge is 0.448 e. The van der Waals surface area contributed by atoms with Gasteiger partial charge in [-0.25, -0.2) is 4.79 Å². The molecule has 0 radical (unpaired) electrons. The third kappa shape index (κ3) is 7.38. The summed E-state index contributed by atoms with van der Waals surface area (Å²) in [7, 11) is 1.40. The van der Waals surface area contributed by atoms with Crippen LogP contribution in [0, 0.1) is 5.92 Å². The van der Waals surface area contributed by atoms with Crippen LogP contribution in [0.4, 0.5) is 23.7 Å². The van der Waals surface area contributed by atoms with Crippen LogP contribution in [0.5, 0.6) is 0 Å². The third-order valence-corrected chi connectivity index (χ3v) is 6.83. The van der Waals surface area contributed by atoms with E-state index in [2.05, 4.69) is 21.6 Å². The fraction of sp³-hybridized carbons (Fsp3) is 0.481. The van der Waals surface area contributed by atoms with Crippen molar-refractivity contribution in [2.75, 3.05) is 45.2 Å². The second-order valence-electron chi connectivity index (χ2n) is 9.58. The van der Waals surface area contributed by atoms with E-state index in [0.29, 0.717) is 0 Å². The van der Waals surface area contributed by atoms with Crippen molar-refractivity contribution in [1.82, 2.24) is 15.1 Å². The Morgan fingerprint density at radius 1 is 1.14 bits per heavy atom. The maximum atomic E-state index is 13.6. The number of ether oxygens (including phenoxy) is 1. The van der Waals surface area contributed by atoms with E-state index in [0.717, 1.165) is 43.7 Å². The van der Waals surface area contributed by atoms with Crippen molar-refractivity contribution in [2.24, 2.45) is 5.92 Å². The highest BCUT2D eigenvalue weighted by Gasteiger charge is 2.33. The molecule has 1 heterocycles. The first-order valence-corrected chi connectivity index (χ1v) is 12.6. The molecule has 0 unspecified atom stereocenters. The zero-order valence-electron chi connectivity index (χ0n) is 20.9. The van der Waals surface area contributed by atoms with Gasteiger partial charge in [0.15, 0.2) is 0 Å². The summed E-state index contributed by atoms with van der Waals surface area (Å²) in [5.74, 6) is 0.397. The van der Waals surface area contributed by atoms with Crippen LogP contribution >= 0.6 is 0 Å². The average Bonchev–Trinajstić information content (AvgIpc) is 3.70. The number of nitrogens with one attached hydrogen (secondary N) is 2. The molecule has 0 spiro atoms. The molecule has 0 saturated heterocycles. The fourth-order valence-corrected chi connectivity index (χ4v) is 4.66. The van der Waals surface area contributed by atoms with Gasteiger partial charge >= 0.3 is 12.3 Å². The molecule has 1 fully saturated rings. The maximum Gasteiger partial charge on any atom is 0.416 e. The van der Waals surface area contributed by atoms with Crippen molar-refractivity contribution in [1.29, 1.82) is 0 Å². The van der Waals surface area contributed by atoms with Gasteiger partial charge in [0.25, 0.3) is 0 Å². The van der Waals surface area contributed by atoms with Crippen molar-refractivity contribution < 1.29 is 27.5 Å². The number of amides is 2.